The average Bonchev–Trinajstić information content (AvgIpc) is 2.98. The van der Waals surface area contributed by atoms with E-state index in [4.69, 9.17) is 9.97 Å². The molecule has 0 saturated carbocycles. The van der Waals surface area contributed by atoms with E-state index in [0.717, 1.165) is 56.7 Å². The highest BCUT2D eigenvalue weighted by molar-refractivity contribution is 5.69. The van der Waals surface area contributed by atoms with Crippen LogP contribution in [0.15, 0.2) is 122 Å². The Hall–Kier alpha value is -5.10. The van der Waals surface area contributed by atoms with E-state index in [-0.39, 0.29) is 0 Å². The van der Waals surface area contributed by atoms with Crippen molar-refractivity contribution in [1.82, 2.24) is 29.9 Å². The van der Waals surface area contributed by atoms with E-state index in [2.05, 4.69) is 19.9 Å². The van der Waals surface area contributed by atoms with Crippen LogP contribution in [-0.4, -0.2) is 29.9 Å². The van der Waals surface area contributed by atoms with E-state index < -0.39 is 0 Å². The summed E-state index contributed by atoms with van der Waals surface area (Å²) in [6.07, 6.45) is 7.23. The zero-order chi connectivity index (χ0) is 24.2. The normalized spacial score (nSPS) is 10.8. The maximum atomic E-state index is 4.74. The van der Waals surface area contributed by atoms with Gasteiger partial charge in [0.25, 0.3) is 0 Å². The van der Waals surface area contributed by atoms with Gasteiger partial charge in [0.2, 0.25) is 0 Å². The highest BCUT2D eigenvalue weighted by Crippen LogP contribution is 2.25. The van der Waals surface area contributed by atoms with Gasteiger partial charge in [-0.3, -0.25) is 19.9 Å². The van der Waals surface area contributed by atoms with E-state index in [1.807, 2.05) is 109 Å². The highest BCUT2D eigenvalue weighted by Gasteiger charge is 2.08. The van der Waals surface area contributed by atoms with Crippen molar-refractivity contribution in [2.24, 2.45) is 0 Å². The first-order valence-corrected chi connectivity index (χ1v) is 11.5. The van der Waals surface area contributed by atoms with Gasteiger partial charge in [-0.1, -0.05) is 36.4 Å². The molecule has 6 rings (SSSR count). The molecule has 6 aromatic heterocycles. The standard InChI is InChI=1S/C30H20N6/c1-3-17-31-23(7-1)27-9-5-11-29(35-27)25-15-13-21(19-33-25)22-14-16-26(34-20-22)30-12-6-10-28(36-30)24-8-2-4-18-32-24/h1-20H. The number of nitrogens with zero attached hydrogens (tertiary/aromatic N) is 6. The molecule has 0 fully saturated rings. The minimum absolute atomic E-state index is 0.802. The van der Waals surface area contributed by atoms with Gasteiger partial charge in [0.1, 0.15) is 0 Å². The Morgan fingerprint density at radius 3 is 1.03 bits per heavy atom. The van der Waals surface area contributed by atoms with E-state index >= 15 is 0 Å². The van der Waals surface area contributed by atoms with Crippen LogP contribution in [0, 0.1) is 0 Å². The molecule has 0 radical (unpaired) electrons. The summed E-state index contributed by atoms with van der Waals surface area (Å²) >= 11 is 0. The molecule has 36 heavy (non-hydrogen) atoms. The number of hydrogen-bond donors (Lipinski definition) is 0. The molecule has 0 atom stereocenters. The Kier molecular flexibility index (Phi) is 5.74. The van der Waals surface area contributed by atoms with E-state index in [0.29, 0.717) is 0 Å². The molecule has 0 aliphatic carbocycles. The van der Waals surface area contributed by atoms with Crippen LogP contribution < -0.4 is 0 Å². The van der Waals surface area contributed by atoms with E-state index in [1.54, 1.807) is 12.4 Å². The minimum Gasteiger partial charge on any atom is -0.255 e. The summed E-state index contributed by atoms with van der Waals surface area (Å²) in [6, 6.07) is 31.4. The predicted octanol–water partition coefficient (Wildman–Crippen LogP) is 6.39. The third-order valence-corrected chi connectivity index (χ3v) is 5.74. The Morgan fingerprint density at radius 1 is 0.306 bits per heavy atom. The fourth-order valence-electron chi connectivity index (χ4n) is 3.90. The zero-order valence-corrected chi connectivity index (χ0v) is 19.2. The van der Waals surface area contributed by atoms with Crippen LogP contribution in [0.1, 0.15) is 0 Å². The van der Waals surface area contributed by atoms with Crippen molar-refractivity contribution < 1.29 is 0 Å². The van der Waals surface area contributed by atoms with E-state index in [9.17, 15) is 0 Å². The van der Waals surface area contributed by atoms with Gasteiger partial charge in [0.15, 0.2) is 0 Å². The van der Waals surface area contributed by atoms with Crippen molar-refractivity contribution >= 4 is 0 Å². The quantitative estimate of drug-likeness (QED) is 0.294. The molecule has 0 aliphatic heterocycles. The van der Waals surface area contributed by atoms with Gasteiger partial charge < -0.3 is 0 Å². The maximum absolute atomic E-state index is 4.74. The predicted molar refractivity (Wildman–Crippen MR) is 140 cm³/mol. The Labute approximate surface area is 208 Å². The molecule has 6 aromatic rings. The Bertz CT molecular complexity index is 1480. The van der Waals surface area contributed by atoms with Crippen molar-refractivity contribution in [2.75, 3.05) is 0 Å². The van der Waals surface area contributed by atoms with Gasteiger partial charge in [-0.2, -0.15) is 0 Å². The molecule has 0 aliphatic rings. The van der Waals surface area contributed by atoms with Crippen LogP contribution in [-0.2, 0) is 0 Å². The van der Waals surface area contributed by atoms with Gasteiger partial charge in [-0.05, 0) is 60.7 Å². The summed E-state index contributed by atoms with van der Waals surface area (Å²) in [4.78, 5) is 27.6. The van der Waals surface area contributed by atoms with Crippen LogP contribution in [0.5, 0.6) is 0 Å². The van der Waals surface area contributed by atoms with Crippen molar-refractivity contribution in [3.8, 4) is 56.7 Å². The largest absolute Gasteiger partial charge is 0.255 e. The molecule has 6 nitrogen and oxygen atoms in total. The Balaban J connectivity index is 1.23. The minimum atomic E-state index is 0.802. The topological polar surface area (TPSA) is 77.3 Å². The second-order valence-corrected chi connectivity index (χ2v) is 8.11. The monoisotopic (exact) mass is 464 g/mol. The summed E-state index contributed by atoms with van der Waals surface area (Å²) in [5.74, 6) is 0. The van der Waals surface area contributed by atoms with E-state index in [1.165, 1.54) is 0 Å². The first-order chi connectivity index (χ1) is 17.8. The number of pyridine rings is 6. The fraction of sp³-hybridized carbons (Fsp3) is 0. The van der Waals surface area contributed by atoms with Gasteiger partial charge in [0, 0.05) is 35.9 Å². The fourth-order valence-corrected chi connectivity index (χ4v) is 3.90. The van der Waals surface area contributed by atoms with Gasteiger partial charge in [0.05, 0.1) is 45.6 Å². The molecule has 0 spiro atoms. The third kappa shape index (κ3) is 4.48. The van der Waals surface area contributed by atoms with Crippen molar-refractivity contribution in [2.45, 2.75) is 0 Å². The second-order valence-electron chi connectivity index (χ2n) is 8.11. The van der Waals surface area contributed by atoms with Gasteiger partial charge in [-0.25, -0.2) is 9.97 Å². The lowest BCUT2D eigenvalue weighted by atomic mass is 10.1. The maximum Gasteiger partial charge on any atom is 0.0894 e. The molecule has 0 aromatic carbocycles. The second kappa shape index (κ2) is 9.64. The van der Waals surface area contributed by atoms with Crippen LogP contribution in [0.4, 0.5) is 0 Å². The van der Waals surface area contributed by atoms with Crippen LogP contribution >= 0.6 is 0 Å². The smallest absolute Gasteiger partial charge is 0.0894 e. The SMILES string of the molecule is c1ccc(-c2cccc(-c3ccc(-c4ccc(-c5cccc(-c6ccccn6)n5)nc4)cn3)n2)nc1. The summed E-state index contributed by atoms with van der Waals surface area (Å²) < 4.78 is 0. The van der Waals surface area contributed by atoms with Crippen molar-refractivity contribution in [1.29, 1.82) is 0 Å². The molecule has 0 amide bonds. The lowest BCUT2D eigenvalue weighted by Crippen LogP contribution is -1.93. The molecule has 170 valence electrons. The van der Waals surface area contributed by atoms with Crippen LogP contribution in [0.3, 0.4) is 0 Å². The number of aromatic nitrogens is 6. The molecular weight excluding hydrogens is 444 g/mol. The first kappa shape index (κ1) is 21.4. The first-order valence-electron chi connectivity index (χ1n) is 11.5. The van der Waals surface area contributed by atoms with Crippen molar-refractivity contribution in [3.63, 3.8) is 0 Å². The lowest BCUT2D eigenvalue weighted by Gasteiger charge is -2.07. The highest BCUT2D eigenvalue weighted by atomic mass is 14.8. The molecule has 0 N–H and O–H groups in total. The summed E-state index contributed by atoms with van der Waals surface area (Å²) in [5.41, 5.74) is 8.48. The molecule has 0 bridgehead atoms. The molecule has 0 unspecified atom stereocenters. The number of rotatable bonds is 5. The third-order valence-electron chi connectivity index (χ3n) is 5.74. The van der Waals surface area contributed by atoms with Gasteiger partial charge in [-0.15, -0.1) is 0 Å². The summed E-state index contributed by atoms with van der Waals surface area (Å²) in [7, 11) is 0. The van der Waals surface area contributed by atoms with Gasteiger partial charge >= 0.3 is 0 Å². The van der Waals surface area contributed by atoms with Crippen LogP contribution in [0.25, 0.3) is 56.7 Å². The van der Waals surface area contributed by atoms with Crippen LogP contribution in [0.2, 0.25) is 0 Å². The summed E-state index contributed by atoms with van der Waals surface area (Å²) in [6.45, 7) is 0. The molecular formula is C30H20N6. The summed E-state index contributed by atoms with van der Waals surface area (Å²) in [5, 5.41) is 0. The zero-order valence-electron chi connectivity index (χ0n) is 19.2. The molecule has 0 saturated heterocycles. The number of hydrogen-bond acceptors (Lipinski definition) is 6. The Morgan fingerprint density at radius 2 is 0.694 bits per heavy atom. The van der Waals surface area contributed by atoms with Crippen molar-refractivity contribution in [3.05, 3.63) is 122 Å². The molecule has 6 heterocycles. The lowest BCUT2D eigenvalue weighted by molar-refractivity contribution is 1.21. The molecule has 6 heteroatoms. The average molecular weight is 465 g/mol.